The van der Waals surface area contributed by atoms with Gasteiger partial charge in [0.25, 0.3) is 0 Å². The highest BCUT2D eigenvalue weighted by atomic mass is 35.5. The molecule has 0 saturated carbocycles. The zero-order chi connectivity index (χ0) is 14.5. The van der Waals surface area contributed by atoms with Gasteiger partial charge >= 0.3 is 5.97 Å². The molecule has 2 aromatic rings. The molecule has 0 aromatic heterocycles. The fourth-order valence-electron chi connectivity index (χ4n) is 1.46. The molecule has 102 valence electrons. The van der Waals surface area contributed by atoms with Crippen molar-refractivity contribution in [2.24, 2.45) is 5.16 Å². The zero-order valence-electron chi connectivity index (χ0n) is 10.0. The molecule has 0 fully saturated rings. The van der Waals surface area contributed by atoms with Crippen molar-refractivity contribution < 1.29 is 9.63 Å². The Morgan fingerprint density at radius 1 is 1.05 bits per heavy atom. The van der Waals surface area contributed by atoms with Crippen LogP contribution in [0.3, 0.4) is 0 Å². The summed E-state index contributed by atoms with van der Waals surface area (Å²) in [6.45, 7) is 0. The second-order valence-corrected chi connectivity index (χ2v) is 5.02. The van der Waals surface area contributed by atoms with E-state index in [1.54, 1.807) is 0 Å². The topological polar surface area (TPSA) is 38.7 Å². The second-order valence-electron chi connectivity index (χ2n) is 3.77. The smallest absolute Gasteiger partial charge is 0.313 e. The van der Waals surface area contributed by atoms with Crippen LogP contribution in [-0.4, -0.2) is 12.2 Å². The van der Waals surface area contributed by atoms with E-state index in [0.29, 0.717) is 5.02 Å². The molecule has 2 aromatic carbocycles. The molecule has 0 N–H and O–H groups in total. The van der Waals surface area contributed by atoms with Gasteiger partial charge in [-0.25, -0.2) is 4.79 Å². The largest absolute Gasteiger partial charge is 0.368 e. The summed E-state index contributed by atoms with van der Waals surface area (Å²) in [4.78, 5) is 16.6. The third kappa shape index (κ3) is 3.73. The van der Waals surface area contributed by atoms with Gasteiger partial charge in [-0.1, -0.05) is 70.3 Å². The molecule has 20 heavy (non-hydrogen) atoms. The molecule has 0 saturated heterocycles. The first-order chi connectivity index (χ1) is 9.58. The van der Waals surface area contributed by atoms with Crippen LogP contribution in [0.25, 0.3) is 0 Å². The van der Waals surface area contributed by atoms with E-state index in [1.165, 1.54) is 18.3 Å². The lowest BCUT2D eigenvalue weighted by Crippen LogP contribution is -2.03. The maximum Gasteiger partial charge on any atom is 0.368 e. The fourth-order valence-corrected chi connectivity index (χ4v) is 2.43. The number of oxime groups is 1. The van der Waals surface area contributed by atoms with Gasteiger partial charge in [0.05, 0.1) is 21.8 Å². The van der Waals surface area contributed by atoms with Crippen LogP contribution in [0.1, 0.15) is 15.9 Å². The van der Waals surface area contributed by atoms with Crippen LogP contribution in [0, 0.1) is 0 Å². The van der Waals surface area contributed by atoms with Gasteiger partial charge in [-0.15, -0.1) is 0 Å². The molecule has 0 aliphatic heterocycles. The molecule has 3 nitrogen and oxygen atoms in total. The van der Waals surface area contributed by atoms with Gasteiger partial charge in [-0.2, -0.15) is 0 Å². The summed E-state index contributed by atoms with van der Waals surface area (Å²) in [7, 11) is 0. The molecule has 0 heterocycles. The molecule has 0 aliphatic rings. The lowest BCUT2D eigenvalue weighted by atomic mass is 10.2. The highest BCUT2D eigenvalue weighted by Gasteiger charge is 2.17. The van der Waals surface area contributed by atoms with Crippen molar-refractivity contribution in [1.29, 1.82) is 0 Å². The molecule has 0 bridgehead atoms. The summed E-state index contributed by atoms with van der Waals surface area (Å²) >= 11 is 17.6. The monoisotopic (exact) mass is 327 g/mol. The first-order valence-corrected chi connectivity index (χ1v) is 6.65. The van der Waals surface area contributed by atoms with Gasteiger partial charge in [0.1, 0.15) is 0 Å². The Hall–Kier alpha value is -1.55. The Morgan fingerprint density at radius 3 is 2.25 bits per heavy atom. The Balaban J connectivity index is 2.12. The first-order valence-electron chi connectivity index (χ1n) is 5.52. The van der Waals surface area contributed by atoms with E-state index in [2.05, 4.69) is 5.16 Å². The predicted octanol–water partition coefficient (Wildman–Crippen LogP) is 4.84. The van der Waals surface area contributed by atoms with Gasteiger partial charge in [0.15, 0.2) is 0 Å². The van der Waals surface area contributed by atoms with E-state index < -0.39 is 5.97 Å². The molecule has 0 radical (unpaired) electrons. The van der Waals surface area contributed by atoms with E-state index in [4.69, 9.17) is 39.6 Å². The minimum Gasteiger partial charge on any atom is -0.313 e. The van der Waals surface area contributed by atoms with E-state index in [0.717, 1.165) is 5.56 Å². The Kier molecular flexibility index (Phi) is 5.01. The van der Waals surface area contributed by atoms with Crippen LogP contribution in [0.4, 0.5) is 0 Å². The molecule has 6 heteroatoms. The quantitative estimate of drug-likeness (QED) is 0.459. The summed E-state index contributed by atoms with van der Waals surface area (Å²) in [5.74, 6) is -0.746. The second kappa shape index (κ2) is 6.75. The van der Waals surface area contributed by atoms with Crippen LogP contribution >= 0.6 is 34.8 Å². The molecule has 0 spiro atoms. The zero-order valence-corrected chi connectivity index (χ0v) is 12.3. The summed E-state index contributed by atoms with van der Waals surface area (Å²) in [5, 5.41) is 4.16. The Morgan fingerprint density at radius 2 is 1.65 bits per heavy atom. The maximum atomic E-state index is 11.8. The standard InChI is InChI=1S/C14H8Cl3NO2/c15-10-6-11(16)13(12(17)7-10)14(19)20-18-8-9-4-2-1-3-5-9/h1-8H/b18-8+. The van der Waals surface area contributed by atoms with Gasteiger partial charge in [0, 0.05) is 5.02 Å². The van der Waals surface area contributed by atoms with E-state index in [-0.39, 0.29) is 15.6 Å². The Labute approximate surface area is 130 Å². The molecule has 0 atom stereocenters. The van der Waals surface area contributed by atoms with Crippen LogP contribution < -0.4 is 0 Å². The number of halogens is 3. The van der Waals surface area contributed by atoms with Crippen molar-refractivity contribution in [1.82, 2.24) is 0 Å². The van der Waals surface area contributed by atoms with Gasteiger partial charge in [-0.3, -0.25) is 0 Å². The molecular formula is C14H8Cl3NO2. The number of hydrogen-bond acceptors (Lipinski definition) is 3. The van der Waals surface area contributed by atoms with Crippen molar-refractivity contribution in [3.8, 4) is 0 Å². The van der Waals surface area contributed by atoms with E-state index >= 15 is 0 Å². The average Bonchev–Trinajstić information content (AvgIpc) is 2.38. The van der Waals surface area contributed by atoms with Gasteiger partial charge in [-0.05, 0) is 17.7 Å². The summed E-state index contributed by atoms with van der Waals surface area (Å²) < 4.78 is 0. The maximum absolute atomic E-state index is 11.8. The molecular weight excluding hydrogens is 321 g/mol. The SMILES string of the molecule is O=C(O/N=C/c1ccccc1)c1c(Cl)cc(Cl)cc1Cl. The number of benzene rings is 2. The predicted molar refractivity (Wildman–Crippen MR) is 80.9 cm³/mol. The normalized spacial score (nSPS) is 10.8. The van der Waals surface area contributed by atoms with Crippen molar-refractivity contribution in [3.05, 3.63) is 68.7 Å². The van der Waals surface area contributed by atoms with E-state index in [1.807, 2.05) is 30.3 Å². The average molecular weight is 329 g/mol. The molecule has 0 aliphatic carbocycles. The minimum absolute atomic E-state index is 0.0305. The fraction of sp³-hybridized carbons (Fsp3) is 0. The van der Waals surface area contributed by atoms with Gasteiger partial charge in [0.2, 0.25) is 0 Å². The Bertz CT molecular complexity index is 634. The lowest BCUT2D eigenvalue weighted by molar-refractivity contribution is 0.0519. The van der Waals surface area contributed by atoms with Crippen LogP contribution in [0.15, 0.2) is 47.6 Å². The molecule has 0 unspecified atom stereocenters. The summed E-state index contributed by atoms with van der Waals surface area (Å²) in [5.41, 5.74) is 0.830. The number of nitrogens with zero attached hydrogens (tertiary/aromatic N) is 1. The minimum atomic E-state index is -0.746. The van der Waals surface area contributed by atoms with Crippen LogP contribution in [0.2, 0.25) is 15.1 Å². The highest BCUT2D eigenvalue weighted by Crippen LogP contribution is 2.29. The number of rotatable bonds is 3. The lowest BCUT2D eigenvalue weighted by Gasteiger charge is -2.04. The first kappa shape index (κ1) is 14.9. The van der Waals surface area contributed by atoms with Crippen LogP contribution in [0.5, 0.6) is 0 Å². The third-order valence-corrected chi connectivity index (χ3v) is 3.16. The summed E-state index contributed by atoms with van der Waals surface area (Å²) in [6.07, 6.45) is 1.41. The van der Waals surface area contributed by atoms with Crippen molar-refractivity contribution in [3.63, 3.8) is 0 Å². The number of hydrogen-bond donors (Lipinski definition) is 0. The third-order valence-electron chi connectivity index (χ3n) is 2.35. The summed E-state index contributed by atoms with van der Waals surface area (Å²) in [6, 6.07) is 12.0. The molecule has 0 amide bonds. The van der Waals surface area contributed by atoms with Crippen molar-refractivity contribution in [2.75, 3.05) is 0 Å². The van der Waals surface area contributed by atoms with Crippen molar-refractivity contribution >= 4 is 47.0 Å². The number of carbonyl (C=O) groups excluding carboxylic acids is 1. The molecule has 2 rings (SSSR count). The van der Waals surface area contributed by atoms with Crippen molar-refractivity contribution in [2.45, 2.75) is 0 Å². The highest BCUT2D eigenvalue weighted by molar-refractivity contribution is 6.41. The number of carbonyl (C=O) groups is 1. The van der Waals surface area contributed by atoms with Gasteiger partial charge < -0.3 is 4.84 Å². The van der Waals surface area contributed by atoms with E-state index in [9.17, 15) is 4.79 Å². The van der Waals surface area contributed by atoms with Crippen LogP contribution in [-0.2, 0) is 4.84 Å².